The minimum atomic E-state index is 0.454. The van der Waals surface area contributed by atoms with E-state index >= 15 is 0 Å². The molecule has 2 aromatic heterocycles. The normalized spacial score (nSPS) is 17.9. The largest absolute Gasteiger partial charge is 0.260 e. The molecule has 1 aromatic carbocycles. The zero-order valence-corrected chi connectivity index (χ0v) is 13.5. The Morgan fingerprint density at radius 1 is 1.24 bits per heavy atom. The van der Waals surface area contributed by atoms with E-state index in [1.54, 1.807) is 11.3 Å². The third-order valence-electron chi connectivity index (χ3n) is 3.99. The van der Waals surface area contributed by atoms with Gasteiger partial charge in [-0.15, -0.1) is 11.3 Å². The number of pyridine rings is 1. The molecule has 0 aliphatic heterocycles. The lowest BCUT2D eigenvalue weighted by Crippen LogP contribution is -2.08. The first kappa shape index (κ1) is 13.3. The number of rotatable bonds is 2. The molecule has 0 amide bonds. The van der Waals surface area contributed by atoms with Gasteiger partial charge in [0.15, 0.2) is 4.34 Å². The maximum Gasteiger partial charge on any atom is 0.151 e. The van der Waals surface area contributed by atoms with Gasteiger partial charge in [0.25, 0.3) is 0 Å². The summed E-state index contributed by atoms with van der Waals surface area (Å²) in [5.41, 5.74) is 5.10. The fourth-order valence-corrected chi connectivity index (χ4v) is 5.50. The van der Waals surface area contributed by atoms with Crippen LogP contribution < -0.4 is 0 Å². The average molecular weight is 312 g/mol. The Kier molecular flexibility index (Phi) is 3.43. The van der Waals surface area contributed by atoms with Crippen molar-refractivity contribution in [3.8, 4) is 0 Å². The molecular weight excluding hydrogens is 296 g/mol. The molecule has 1 aliphatic carbocycles. The Morgan fingerprint density at radius 2 is 2.19 bits per heavy atom. The van der Waals surface area contributed by atoms with Gasteiger partial charge in [-0.1, -0.05) is 30.0 Å². The van der Waals surface area contributed by atoms with E-state index in [1.807, 2.05) is 24.0 Å². The summed E-state index contributed by atoms with van der Waals surface area (Å²) in [6.45, 7) is 2.13. The van der Waals surface area contributed by atoms with E-state index < -0.39 is 0 Å². The molecule has 1 aliphatic rings. The van der Waals surface area contributed by atoms with Crippen LogP contribution in [-0.2, 0) is 6.42 Å². The third-order valence-corrected chi connectivity index (χ3v) is 6.38. The minimum Gasteiger partial charge on any atom is -0.260 e. The summed E-state index contributed by atoms with van der Waals surface area (Å²) in [6.07, 6.45) is 5.53. The molecule has 1 unspecified atom stereocenters. The summed E-state index contributed by atoms with van der Waals surface area (Å²) in [7, 11) is 0. The second-order valence-corrected chi connectivity index (χ2v) is 7.93. The van der Waals surface area contributed by atoms with Crippen molar-refractivity contribution < 1.29 is 0 Å². The highest BCUT2D eigenvalue weighted by Gasteiger charge is 2.23. The quantitative estimate of drug-likeness (QED) is 0.653. The molecule has 3 aromatic rings. The molecule has 2 heterocycles. The van der Waals surface area contributed by atoms with Gasteiger partial charge >= 0.3 is 0 Å². The number of hydrogen-bond acceptors (Lipinski definition) is 4. The molecule has 1 atom stereocenters. The zero-order chi connectivity index (χ0) is 14.2. The van der Waals surface area contributed by atoms with Crippen LogP contribution >= 0.6 is 23.1 Å². The maximum atomic E-state index is 4.83. The summed E-state index contributed by atoms with van der Waals surface area (Å²) in [4.78, 5) is 9.46. The first-order valence-electron chi connectivity index (χ1n) is 7.28. The van der Waals surface area contributed by atoms with Crippen molar-refractivity contribution in [3.63, 3.8) is 0 Å². The zero-order valence-electron chi connectivity index (χ0n) is 11.9. The SMILES string of the molecule is Cc1cccc2sc(SC3CCCc4cccnc43)nc12. The van der Waals surface area contributed by atoms with E-state index in [1.165, 1.54) is 45.1 Å². The van der Waals surface area contributed by atoms with Crippen molar-refractivity contribution in [1.82, 2.24) is 9.97 Å². The first-order chi connectivity index (χ1) is 10.3. The van der Waals surface area contributed by atoms with Gasteiger partial charge in [0.1, 0.15) is 0 Å². The smallest absolute Gasteiger partial charge is 0.151 e. The molecule has 0 saturated carbocycles. The number of thioether (sulfide) groups is 1. The van der Waals surface area contributed by atoms with Crippen molar-refractivity contribution in [2.24, 2.45) is 0 Å². The van der Waals surface area contributed by atoms with Crippen molar-refractivity contribution >= 4 is 33.3 Å². The summed E-state index contributed by atoms with van der Waals surface area (Å²) in [5.74, 6) is 0. The molecule has 0 fully saturated rings. The van der Waals surface area contributed by atoms with Crippen LogP contribution in [0, 0.1) is 6.92 Å². The number of hydrogen-bond donors (Lipinski definition) is 0. The van der Waals surface area contributed by atoms with E-state index in [9.17, 15) is 0 Å². The summed E-state index contributed by atoms with van der Waals surface area (Å²) in [5, 5.41) is 0.454. The second kappa shape index (κ2) is 5.43. The lowest BCUT2D eigenvalue weighted by molar-refractivity contribution is 0.656. The Labute approximate surface area is 132 Å². The average Bonchev–Trinajstić information content (AvgIpc) is 2.92. The van der Waals surface area contributed by atoms with Gasteiger partial charge in [0.2, 0.25) is 0 Å². The number of aryl methyl sites for hydroxylation is 2. The first-order valence-corrected chi connectivity index (χ1v) is 8.97. The predicted molar refractivity (Wildman–Crippen MR) is 90.1 cm³/mol. The molecule has 0 spiro atoms. The van der Waals surface area contributed by atoms with Crippen LogP contribution in [0.15, 0.2) is 40.9 Å². The van der Waals surface area contributed by atoms with Gasteiger partial charge in [-0.3, -0.25) is 4.98 Å². The standard InChI is InChI=1S/C17H16N2S2/c1-11-5-2-8-13-15(11)19-17(20-13)21-14-9-3-6-12-7-4-10-18-16(12)14/h2,4-5,7-8,10,14H,3,6,9H2,1H3. The highest BCUT2D eigenvalue weighted by atomic mass is 32.2. The lowest BCUT2D eigenvalue weighted by atomic mass is 9.96. The number of benzene rings is 1. The van der Waals surface area contributed by atoms with Gasteiger partial charge in [0.05, 0.1) is 21.2 Å². The summed E-state index contributed by atoms with van der Waals surface area (Å²) in [6, 6.07) is 10.7. The molecule has 2 nitrogen and oxygen atoms in total. The highest BCUT2D eigenvalue weighted by molar-refractivity contribution is 8.01. The molecule has 4 rings (SSSR count). The van der Waals surface area contributed by atoms with Gasteiger partial charge in [-0.2, -0.15) is 0 Å². The summed E-state index contributed by atoms with van der Waals surface area (Å²) < 4.78 is 2.46. The highest BCUT2D eigenvalue weighted by Crippen LogP contribution is 2.44. The van der Waals surface area contributed by atoms with Crippen molar-refractivity contribution in [2.45, 2.75) is 35.8 Å². The number of para-hydroxylation sites is 1. The number of nitrogens with zero attached hydrogens (tertiary/aromatic N) is 2. The van der Waals surface area contributed by atoms with Gasteiger partial charge in [-0.05, 0) is 49.4 Å². The minimum absolute atomic E-state index is 0.454. The number of thiazole rings is 1. The Morgan fingerprint density at radius 3 is 3.10 bits per heavy atom. The second-order valence-electron chi connectivity index (χ2n) is 5.45. The molecule has 0 radical (unpaired) electrons. The van der Waals surface area contributed by atoms with Crippen LogP contribution in [0.1, 0.15) is 34.9 Å². The molecule has 4 heteroatoms. The maximum absolute atomic E-state index is 4.83. The van der Waals surface area contributed by atoms with Gasteiger partial charge in [-0.25, -0.2) is 4.98 Å². The summed E-state index contributed by atoms with van der Waals surface area (Å²) >= 11 is 3.69. The van der Waals surface area contributed by atoms with Crippen molar-refractivity contribution in [3.05, 3.63) is 53.3 Å². The Hall–Kier alpha value is -1.39. The van der Waals surface area contributed by atoms with E-state index in [0.29, 0.717) is 5.25 Å². The van der Waals surface area contributed by atoms with E-state index in [-0.39, 0.29) is 0 Å². The lowest BCUT2D eigenvalue weighted by Gasteiger charge is -2.22. The number of fused-ring (bicyclic) bond motifs is 2. The van der Waals surface area contributed by atoms with Crippen LogP contribution in [-0.4, -0.2) is 9.97 Å². The Balaban J connectivity index is 1.68. The molecule has 106 valence electrons. The van der Waals surface area contributed by atoms with Crippen LogP contribution in [0.3, 0.4) is 0 Å². The van der Waals surface area contributed by atoms with Crippen molar-refractivity contribution in [2.75, 3.05) is 0 Å². The topological polar surface area (TPSA) is 25.8 Å². The van der Waals surface area contributed by atoms with Gasteiger partial charge < -0.3 is 0 Å². The van der Waals surface area contributed by atoms with Crippen molar-refractivity contribution in [1.29, 1.82) is 0 Å². The van der Waals surface area contributed by atoms with Crippen LogP contribution in [0.4, 0.5) is 0 Å². The molecule has 0 bridgehead atoms. The molecule has 0 N–H and O–H groups in total. The predicted octanol–water partition coefficient (Wildman–Crippen LogP) is 5.17. The van der Waals surface area contributed by atoms with E-state index in [4.69, 9.17) is 4.98 Å². The van der Waals surface area contributed by atoms with Gasteiger partial charge in [0, 0.05) is 6.20 Å². The van der Waals surface area contributed by atoms with Crippen LogP contribution in [0.2, 0.25) is 0 Å². The third kappa shape index (κ3) is 2.47. The molecular formula is C17H16N2S2. The fraction of sp³-hybridized carbons (Fsp3) is 0.294. The van der Waals surface area contributed by atoms with Crippen LogP contribution in [0.5, 0.6) is 0 Å². The number of aromatic nitrogens is 2. The van der Waals surface area contributed by atoms with E-state index in [2.05, 4.69) is 36.2 Å². The molecule has 0 saturated heterocycles. The molecule has 21 heavy (non-hydrogen) atoms. The fourth-order valence-electron chi connectivity index (χ4n) is 2.92. The Bertz CT molecular complexity index is 794. The van der Waals surface area contributed by atoms with Crippen LogP contribution in [0.25, 0.3) is 10.2 Å². The monoisotopic (exact) mass is 312 g/mol. The van der Waals surface area contributed by atoms with E-state index in [0.717, 1.165) is 5.52 Å².